The van der Waals surface area contributed by atoms with Crippen LogP contribution in [0.1, 0.15) is 75.9 Å². The summed E-state index contributed by atoms with van der Waals surface area (Å²) in [6, 6.07) is 0.491. The minimum Gasteiger partial charge on any atom is -0.371 e. The van der Waals surface area contributed by atoms with E-state index in [0.29, 0.717) is 12.0 Å². The van der Waals surface area contributed by atoms with Crippen molar-refractivity contribution in [1.82, 2.24) is 10.3 Å². The maximum Gasteiger partial charge on any atom is 0.125 e. The van der Waals surface area contributed by atoms with Gasteiger partial charge in [0.05, 0.1) is 5.69 Å². The quantitative estimate of drug-likeness (QED) is 0.771. The average molecular weight is 298 g/mol. The van der Waals surface area contributed by atoms with Crippen molar-refractivity contribution in [2.24, 2.45) is 0 Å². The van der Waals surface area contributed by atoms with Gasteiger partial charge in [-0.3, -0.25) is 0 Å². The number of aromatic nitrogens is 1. The molecule has 0 saturated heterocycles. The van der Waals surface area contributed by atoms with Crippen molar-refractivity contribution in [3.05, 3.63) is 15.6 Å². The molecule has 0 atom stereocenters. The zero-order valence-electron chi connectivity index (χ0n) is 14.0. The van der Waals surface area contributed by atoms with Crippen molar-refractivity contribution in [1.29, 1.82) is 0 Å². The van der Waals surface area contributed by atoms with Crippen LogP contribution in [0.2, 0.25) is 0 Å². The van der Waals surface area contributed by atoms with Gasteiger partial charge in [0.25, 0.3) is 0 Å². The highest BCUT2D eigenvalue weighted by Gasteiger charge is 2.33. The van der Waals surface area contributed by atoms with Crippen LogP contribution in [0, 0.1) is 0 Å². The summed E-state index contributed by atoms with van der Waals surface area (Å²) in [6.07, 6.45) is 1.92. The highest BCUT2D eigenvalue weighted by Crippen LogP contribution is 2.38. The standard InChI is InChI=1S/C16H30N2OS/c1-8-16(9-2,19-7)15-18-14(11(3)4)13(20-15)10-17-12(5)6/h11-12,17H,8-10H2,1-7H3. The third-order valence-electron chi connectivity index (χ3n) is 3.87. The van der Waals surface area contributed by atoms with Crippen molar-refractivity contribution >= 4 is 11.3 Å². The Balaban J connectivity index is 3.13. The van der Waals surface area contributed by atoms with E-state index in [0.717, 1.165) is 24.4 Å². The van der Waals surface area contributed by atoms with Crippen molar-refractivity contribution in [2.75, 3.05) is 7.11 Å². The maximum absolute atomic E-state index is 5.82. The first-order valence-corrected chi connectivity index (χ1v) is 8.50. The van der Waals surface area contributed by atoms with Crippen molar-refractivity contribution in [3.63, 3.8) is 0 Å². The van der Waals surface area contributed by atoms with E-state index >= 15 is 0 Å². The van der Waals surface area contributed by atoms with Crippen molar-refractivity contribution in [2.45, 2.75) is 78.5 Å². The molecule has 0 amide bonds. The van der Waals surface area contributed by atoms with E-state index in [1.165, 1.54) is 10.6 Å². The van der Waals surface area contributed by atoms with Crippen molar-refractivity contribution in [3.8, 4) is 0 Å². The van der Waals surface area contributed by atoms with Gasteiger partial charge in [-0.25, -0.2) is 4.98 Å². The molecule has 1 heterocycles. The molecule has 3 nitrogen and oxygen atoms in total. The molecule has 1 rings (SSSR count). The number of thiazole rings is 1. The van der Waals surface area contributed by atoms with Crippen LogP contribution in [0.15, 0.2) is 0 Å². The summed E-state index contributed by atoms with van der Waals surface area (Å²) in [7, 11) is 1.80. The largest absolute Gasteiger partial charge is 0.371 e. The summed E-state index contributed by atoms with van der Waals surface area (Å²) < 4.78 is 5.82. The summed E-state index contributed by atoms with van der Waals surface area (Å²) in [5.41, 5.74) is 1.01. The first-order valence-electron chi connectivity index (χ1n) is 7.68. The molecule has 0 aromatic carbocycles. The van der Waals surface area contributed by atoms with E-state index < -0.39 is 0 Å². The second-order valence-corrected chi connectivity index (χ2v) is 7.01. The maximum atomic E-state index is 5.82. The lowest BCUT2D eigenvalue weighted by molar-refractivity contribution is -0.0220. The second kappa shape index (κ2) is 7.53. The van der Waals surface area contributed by atoms with Gasteiger partial charge in [-0.1, -0.05) is 41.5 Å². The van der Waals surface area contributed by atoms with Gasteiger partial charge in [-0.15, -0.1) is 11.3 Å². The molecule has 0 aliphatic carbocycles. The van der Waals surface area contributed by atoms with Crippen LogP contribution in [-0.4, -0.2) is 18.1 Å². The zero-order chi connectivity index (χ0) is 15.3. The number of nitrogens with zero attached hydrogens (tertiary/aromatic N) is 1. The lowest BCUT2D eigenvalue weighted by atomic mass is 9.98. The van der Waals surface area contributed by atoms with E-state index in [2.05, 4.69) is 46.9 Å². The Morgan fingerprint density at radius 3 is 2.20 bits per heavy atom. The third-order valence-corrected chi connectivity index (χ3v) is 5.12. The molecule has 0 fully saturated rings. The number of methoxy groups -OCH3 is 1. The summed E-state index contributed by atoms with van der Waals surface area (Å²) in [4.78, 5) is 6.28. The number of nitrogens with one attached hydrogen (secondary N) is 1. The lowest BCUT2D eigenvalue weighted by Crippen LogP contribution is -2.26. The van der Waals surface area contributed by atoms with Crippen LogP contribution >= 0.6 is 11.3 Å². The Morgan fingerprint density at radius 2 is 1.80 bits per heavy atom. The molecule has 0 aliphatic heterocycles. The van der Waals surface area contributed by atoms with Gasteiger partial charge in [0.15, 0.2) is 0 Å². The van der Waals surface area contributed by atoms with Gasteiger partial charge in [0, 0.05) is 24.6 Å². The first kappa shape index (κ1) is 17.6. The Kier molecular flexibility index (Phi) is 6.62. The predicted octanol–water partition coefficient (Wildman–Crippen LogP) is 4.43. The van der Waals surface area contributed by atoms with Crippen molar-refractivity contribution < 1.29 is 4.74 Å². The minimum absolute atomic E-state index is 0.218. The van der Waals surface area contributed by atoms with Gasteiger partial charge in [0.2, 0.25) is 0 Å². The molecule has 0 aliphatic rings. The highest BCUT2D eigenvalue weighted by molar-refractivity contribution is 7.11. The van der Waals surface area contributed by atoms with E-state index in [-0.39, 0.29) is 5.60 Å². The van der Waals surface area contributed by atoms with Gasteiger partial charge >= 0.3 is 0 Å². The van der Waals surface area contributed by atoms with E-state index in [4.69, 9.17) is 9.72 Å². The fourth-order valence-corrected chi connectivity index (χ4v) is 3.84. The molecular weight excluding hydrogens is 268 g/mol. The second-order valence-electron chi connectivity index (χ2n) is 5.92. The van der Waals surface area contributed by atoms with Crippen LogP contribution in [0.4, 0.5) is 0 Å². The van der Waals surface area contributed by atoms with E-state index in [9.17, 15) is 0 Å². The minimum atomic E-state index is -0.218. The molecule has 4 heteroatoms. The molecule has 20 heavy (non-hydrogen) atoms. The SMILES string of the molecule is CCC(CC)(OC)c1nc(C(C)C)c(CNC(C)C)s1. The fraction of sp³-hybridized carbons (Fsp3) is 0.812. The van der Waals surface area contributed by atoms with Crippen LogP contribution in [0.25, 0.3) is 0 Å². The Bertz CT molecular complexity index is 400. The number of hydrogen-bond donors (Lipinski definition) is 1. The normalized spacial score (nSPS) is 12.7. The summed E-state index contributed by atoms with van der Waals surface area (Å²) in [5.74, 6) is 0.451. The molecule has 0 saturated carbocycles. The van der Waals surface area contributed by atoms with Crippen LogP contribution in [0.3, 0.4) is 0 Å². The smallest absolute Gasteiger partial charge is 0.125 e. The highest BCUT2D eigenvalue weighted by atomic mass is 32.1. The average Bonchev–Trinajstić information content (AvgIpc) is 2.84. The monoisotopic (exact) mass is 298 g/mol. The molecule has 1 aromatic rings. The summed E-state index contributed by atoms with van der Waals surface area (Å²) >= 11 is 1.81. The molecule has 0 radical (unpaired) electrons. The number of rotatable bonds is 8. The topological polar surface area (TPSA) is 34.1 Å². The zero-order valence-corrected chi connectivity index (χ0v) is 14.9. The molecule has 0 spiro atoms. The van der Waals surface area contributed by atoms with Crippen LogP contribution < -0.4 is 5.32 Å². The predicted molar refractivity (Wildman–Crippen MR) is 87.4 cm³/mol. The number of ether oxygens (including phenoxy) is 1. The molecule has 0 bridgehead atoms. The lowest BCUT2D eigenvalue weighted by Gasteiger charge is -2.27. The fourth-order valence-electron chi connectivity index (χ4n) is 2.36. The molecule has 1 N–H and O–H groups in total. The Morgan fingerprint density at radius 1 is 1.20 bits per heavy atom. The van der Waals surface area contributed by atoms with Gasteiger partial charge < -0.3 is 10.1 Å². The number of hydrogen-bond acceptors (Lipinski definition) is 4. The molecular formula is C16H30N2OS. The van der Waals surface area contributed by atoms with Crippen LogP contribution in [-0.2, 0) is 16.9 Å². The third kappa shape index (κ3) is 3.80. The van der Waals surface area contributed by atoms with Crippen LogP contribution in [0.5, 0.6) is 0 Å². The van der Waals surface area contributed by atoms with E-state index in [1.807, 2.05) is 11.3 Å². The molecule has 1 aromatic heterocycles. The Labute approximate surface area is 128 Å². The molecule has 116 valence electrons. The summed E-state index contributed by atoms with van der Waals surface area (Å²) in [6.45, 7) is 14.0. The van der Waals surface area contributed by atoms with Gasteiger partial charge in [0.1, 0.15) is 10.6 Å². The van der Waals surface area contributed by atoms with Gasteiger partial charge in [-0.05, 0) is 18.8 Å². The summed E-state index contributed by atoms with van der Waals surface area (Å²) in [5, 5.41) is 4.64. The Hall–Kier alpha value is -0.450. The van der Waals surface area contributed by atoms with Gasteiger partial charge in [-0.2, -0.15) is 0 Å². The molecule has 0 unspecified atom stereocenters. The first-order chi connectivity index (χ1) is 9.40. The van der Waals surface area contributed by atoms with E-state index in [1.54, 1.807) is 7.11 Å².